The number of hydrogen-bond donors (Lipinski definition) is 1. The van der Waals surface area contributed by atoms with Gasteiger partial charge >= 0.3 is 0 Å². The van der Waals surface area contributed by atoms with Crippen molar-refractivity contribution >= 4 is 23.1 Å². The number of rotatable bonds is 5. The van der Waals surface area contributed by atoms with E-state index in [0.29, 0.717) is 29.4 Å². The number of hydrogen-bond acceptors (Lipinski definition) is 5. The third-order valence-corrected chi connectivity index (χ3v) is 4.81. The fourth-order valence-corrected chi connectivity index (χ4v) is 3.38. The van der Waals surface area contributed by atoms with E-state index in [1.54, 1.807) is 38.6 Å². The zero-order chi connectivity index (χ0) is 19.5. The van der Waals surface area contributed by atoms with Crippen LogP contribution in [0.5, 0.6) is 11.5 Å². The summed E-state index contributed by atoms with van der Waals surface area (Å²) in [5, 5.41) is 3.22. The molecule has 2 aromatic carbocycles. The van der Waals surface area contributed by atoms with Crippen molar-refractivity contribution in [1.82, 2.24) is 4.98 Å². The summed E-state index contributed by atoms with van der Waals surface area (Å²) in [5.74, 6) is 1.87. The summed E-state index contributed by atoms with van der Waals surface area (Å²) in [5.41, 5.74) is 3.51. The molecule has 4 rings (SSSR count). The smallest absolute Gasteiger partial charge is 0.258 e. The number of nitrogens with one attached hydrogen (secondary N) is 1. The minimum Gasteiger partial charge on any atom is -0.497 e. The van der Waals surface area contributed by atoms with Crippen LogP contribution in [0.1, 0.15) is 15.9 Å². The number of aromatic nitrogens is 1. The van der Waals surface area contributed by atoms with Crippen molar-refractivity contribution < 1.29 is 14.3 Å². The Labute approximate surface area is 163 Å². The molecule has 0 bridgehead atoms. The molecule has 0 radical (unpaired) electrons. The molecule has 0 atom stereocenters. The topological polar surface area (TPSA) is 63.7 Å². The zero-order valence-electron chi connectivity index (χ0n) is 15.8. The molecule has 1 aliphatic heterocycles. The predicted molar refractivity (Wildman–Crippen MR) is 109 cm³/mol. The van der Waals surface area contributed by atoms with E-state index >= 15 is 0 Å². The van der Waals surface area contributed by atoms with Crippen molar-refractivity contribution in [2.45, 2.75) is 6.42 Å². The van der Waals surface area contributed by atoms with Crippen molar-refractivity contribution in [3.63, 3.8) is 0 Å². The maximum absolute atomic E-state index is 13.1. The van der Waals surface area contributed by atoms with Gasteiger partial charge in [0.15, 0.2) is 0 Å². The van der Waals surface area contributed by atoms with Crippen LogP contribution in [0, 0.1) is 0 Å². The van der Waals surface area contributed by atoms with Gasteiger partial charge in [0.05, 0.1) is 19.9 Å². The lowest BCUT2D eigenvalue weighted by molar-refractivity contribution is 0.0989. The van der Waals surface area contributed by atoms with E-state index in [4.69, 9.17) is 9.47 Å². The molecule has 2 heterocycles. The van der Waals surface area contributed by atoms with E-state index < -0.39 is 0 Å². The molecule has 28 heavy (non-hydrogen) atoms. The number of benzene rings is 2. The van der Waals surface area contributed by atoms with Crippen molar-refractivity contribution in [3.05, 3.63) is 71.9 Å². The molecular weight excluding hydrogens is 354 g/mol. The van der Waals surface area contributed by atoms with Gasteiger partial charge in [-0.25, -0.2) is 4.98 Å². The molecule has 0 unspecified atom stereocenters. The highest BCUT2D eigenvalue weighted by Gasteiger charge is 2.25. The van der Waals surface area contributed by atoms with E-state index in [0.717, 1.165) is 17.8 Å². The first kappa shape index (κ1) is 17.9. The molecule has 1 amide bonds. The maximum Gasteiger partial charge on any atom is 0.258 e. The van der Waals surface area contributed by atoms with Gasteiger partial charge in [0.25, 0.3) is 5.91 Å². The lowest BCUT2D eigenvalue weighted by Gasteiger charge is -2.18. The molecular formula is C22H21N3O3. The van der Waals surface area contributed by atoms with Crippen LogP contribution in [-0.4, -0.2) is 31.7 Å². The number of nitrogens with zero attached hydrogens (tertiary/aromatic N) is 2. The second kappa shape index (κ2) is 7.60. The van der Waals surface area contributed by atoms with Crippen molar-refractivity contribution in [2.75, 3.05) is 31.0 Å². The predicted octanol–water partition coefficient (Wildman–Crippen LogP) is 4.05. The largest absolute Gasteiger partial charge is 0.497 e. The minimum absolute atomic E-state index is 0.0305. The number of anilines is 3. The zero-order valence-corrected chi connectivity index (χ0v) is 15.8. The Balaban J connectivity index is 1.58. The number of ether oxygens (including phenoxy) is 2. The number of pyridine rings is 1. The highest BCUT2D eigenvalue weighted by Crippen LogP contribution is 2.32. The standard InChI is InChI=1S/C22H21N3O3/c1-27-17-7-8-18(20(14-17)28-2)24-21-13-16(9-11-23-21)22(26)25-12-10-15-5-3-4-6-19(15)25/h3-9,11,13-14H,10,12H2,1-2H3,(H,23,24). The van der Waals surface area contributed by atoms with Crippen LogP contribution in [-0.2, 0) is 6.42 Å². The quantitative estimate of drug-likeness (QED) is 0.729. The third kappa shape index (κ3) is 3.36. The summed E-state index contributed by atoms with van der Waals surface area (Å²) in [7, 11) is 3.20. The Bertz CT molecular complexity index is 1020. The number of carbonyl (C=O) groups excluding carboxylic acids is 1. The molecule has 6 heteroatoms. The molecule has 0 saturated heterocycles. The van der Waals surface area contributed by atoms with Gasteiger partial charge in [-0.2, -0.15) is 0 Å². The maximum atomic E-state index is 13.1. The van der Waals surface area contributed by atoms with Gasteiger partial charge in [-0.1, -0.05) is 18.2 Å². The van der Waals surface area contributed by atoms with Crippen LogP contribution >= 0.6 is 0 Å². The normalized spacial score (nSPS) is 12.4. The highest BCUT2D eigenvalue weighted by molar-refractivity contribution is 6.07. The molecule has 0 saturated carbocycles. The number of methoxy groups -OCH3 is 2. The molecule has 142 valence electrons. The van der Waals surface area contributed by atoms with E-state index in [9.17, 15) is 4.79 Å². The molecule has 0 fully saturated rings. The Kier molecular flexibility index (Phi) is 4.85. The van der Waals surface area contributed by atoms with Gasteiger partial charge in [0, 0.05) is 30.1 Å². The first-order chi connectivity index (χ1) is 13.7. The van der Waals surface area contributed by atoms with Gasteiger partial charge in [-0.05, 0) is 42.3 Å². The fraction of sp³-hybridized carbons (Fsp3) is 0.182. The number of amides is 1. The van der Waals surface area contributed by atoms with Crippen molar-refractivity contribution in [2.24, 2.45) is 0 Å². The second-order valence-electron chi connectivity index (χ2n) is 6.46. The summed E-state index contributed by atoms with van der Waals surface area (Å²) in [6.45, 7) is 0.690. The Morgan fingerprint density at radius 1 is 1.07 bits per heavy atom. The average molecular weight is 375 g/mol. The monoisotopic (exact) mass is 375 g/mol. The van der Waals surface area contributed by atoms with Gasteiger partial charge in [0.2, 0.25) is 0 Å². The van der Waals surface area contributed by atoms with E-state index in [1.807, 2.05) is 35.2 Å². The van der Waals surface area contributed by atoms with Crippen LogP contribution in [0.25, 0.3) is 0 Å². The Morgan fingerprint density at radius 3 is 2.75 bits per heavy atom. The Morgan fingerprint density at radius 2 is 1.93 bits per heavy atom. The number of para-hydroxylation sites is 1. The summed E-state index contributed by atoms with van der Waals surface area (Å²) < 4.78 is 10.6. The fourth-order valence-electron chi connectivity index (χ4n) is 3.38. The lowest BCUT2D eigenvalue weighted by Crippen LogP contribution is -2.28. The van der Waals surface area contributed by atoms with Crippen LogP contribution in [0.4, 0.5) is 17.2 Å². The van der Waals surface area contributed by atoms with Crippen LogP contribution in [0.2, 0.25) is 0 Å². The summed E-state index contributed by atoms with van der Waals surface area (Å²) in [6, 6.07) is 17.0. The van der Waals surface area contributed by atoms with Crippen LogP contribution < -0.4 is 19.7 Å². The highest BCUT2D eigenvalue weighted by atomic mass is 16.5. The number of fused-ring (bicyclic) bond motifs is 1. The van der Waals surface area contributed by atoms with E-state index in [2.05, 4.69) is 16.4 Å². The Hall–Kier alpha value is -3.54. The van der Waals surface area contributed by atoms with Gasteiger partial charge < -0.3 is 19.7 Å². The summed E-state index contributed by atoms with van der Waals surface area (Å²) in [6.07, 6.45) is 2.51. The SMILES string of the molecule is COc1ccc(Nc2cc(C(=O)N3CCc4ccccc43)ccn2)c(OC)c1. The molecule has 0 aliphatic carbocycles. The second-order valence-corrected chi connectivity index (χ2v) is 6.46. The first-order valence-electron chi connectivity index (χ1n) is 9.04. The molecule has 6 nitrogen and oxygen atoms in total. The van der Waals surface area contributed by atoms with Crippen LogP contribution in [0.3, 0.4) is 0 Å². The van der Waals surface area contributed by atoms with Gasteiger partial charge in [-0.15, -0.1) is 0 Å². The summed E-state index contributed by atoms with van der Waals surface area (Å²) >= 11 is 0. The third-order valence-electron chi connectivity index (χ3n) is 4.81. The van der Waals surface area contributed by atoms with Gasteiger partial charge in [-0.3, -0.25) is 4.79 Å². The average Bonchev–Trinajstić information content (AvgIpc) is 3.18. The summed E-state index contributed by atoms with van der Waals surface area (Å²) in [4.78, 5) is 19.2. The van der Waals surface area contributed by atoms with Crippen LogP contribution in [0.15, 0.2) is 60.8 Å². The van der Waals surface area contributed by atoms with E-state index in [1.165, 1.54) is 5.56 Å². The molecule has 3 aromatic rings. The molecule has 0 spiro atoms. The molecule has 1 aromatic heterocycles. The molecule has 1 N–H and O–H groups in total. The first-order valence-corrected chi connectivity index (χ1v) is 9.04. The van der Waals surface area contributed by atoms with Gasteiger partial charge in [0.1, 0.15) is 17.3 Å². The molecule has 1 aliphatic rings. The lowest BCUT2D eigenvalue weighted by atomic mass is 10.1. The van der Waals surface area contributed by atoms with Crippen molar-refractivity contribution in [3.8, 4) is 11.5 Å². The minimum atomic E-state index is -0.0305. The van der Waals surface area contributed by atoms with Crippen molar-refractivity contribution in [1.29, 1.82) is 0 Å². The number of carbonyl (C=O) groups is 1. The van der Waals surface area contributed by atoms with E-state index in [-0.39, 0.29) is 5.91 Å².